The first-order chi connectivity index (χ1) is 7.04. The Morgan fingerprint density at radius 1 is 1.53 bits per heavy atom. The highest BCUT2D eigenvalue weighted by molar-refractivity contribution is 7.83. The predicted octanol–water partition coefficient (Wildman–Crippen LogP) is 1.49. The smallest absolute Gasteiger partial charge is 0.340 e. The number of hydrogen-bond acceptors (Lipinski definition) is 3. The van der Waals surface area contributed by atoms with Crippen molar-refractivity contribution < 1.29 is 18.1 Å². The van der Waals surface area contributed by atoms with E-state index in [-0.39, 0.29) is 11.3 Å². The highest BCUT2D eigenvalue weighted by Crippen LogP contribution is 2.12. The lowest BCUT2D eigenvalue weighted by molar-refractivity contribution is 0.0595. The Labute approximate surface area is 89.7 Å². The SMILES string of the molecule is COC(=O)c1ccc(CS(C)=O)cc1F. The fourth-order valence-corrected chi connectivity index (χ4v) is 1.81. The molecule has 0 heterocycles. The number of esters is 1. The minimum Gasteiger partial charge on any atom is -0.465 e. The van der Waals surface area contributed by atoms with E-state index in [1.807, 2.05) is 0 Å². The van der Waals surface area contributed by atoms with Crippen LogP contribution in [0.4, 0.5) is 4.39 Å². The summed E-state index contributed by atoms with van der Waals surface area (Å²) in [6.07, 6.45) is 1.53. The van der Waals surface area contributed by atoms with Crippen molar-refractivity contribution in [3.8, 4) is 0 Å². The Kier molecular flexibility index (Phi) is 3.96. The molecule has 5 heteroatoms. The second-order valence-electron chi connectivity index (χ2n) is 3.02. The van der Waals surface area contributed by atoms with Gasteiger partial charge in [-0.3, -0.25) is 4.21 Å². The van der Waals surface area contributed by atoms with Gasteiger partial charge in [0.1, 0.15) is 5.82 Å². The van der Waals surface area contributed by atoms with E-state index in [2.05, 4.69) is 4.74 Å². The fraction of sp³-hybridized carbons (Fsp3) is 0.300. The number of carbonyl (C=O) groups excluding carboxylic acids is 1. The molecule has 0 fully saturated rings. The Hall–Kier alpha value is -1.23. The van der Waals surface area contributed by atoms with Crippen LogP contribution < -0.4 is 0 Å². The highest BCUT2D eigenvalue weighted by atomic mass is 32.2. The van der Waals surface area contributed by atoms with E-state index in [4.69, 9.17) is 0 Å². The maximum absolute atomic E-state index is 13.3. The Morgan fingerprint density at radius 2 is 2.20 bits per heavy atom. The van der Waals surface area contributed by atoms with E-state index >= 15 is 0 Å². The number of carbonyl (C=O) groups is 1. The lowest BCUT2D eigenvalue weighted by Crippen LogP contribution is -2.05. The first-order valence-electron chi connectivity index (χ1n) is 4.21. The third-order valence-corrected chi connectivity index (χ3v) is 2.55. The second kappa shape index (κ2) is 5.02. The highest BCUT2D eigenvalue weighted by Gasteiger charge is 2.12. The molecule has 3 nitrogen and oxygen atoms in total. The molecule has 0 amide bonds. The third-order valence-electron chi connectivity index (χ3n) is 1.81. The number of methoxy groups -OCH3 is 1. The molecular weight excluding hydrogens is 219 g/mol. The maximum Gasteiger partial charge on any atom is 0.340 e. The molecule has 0 aliphatic heterocycles. The monoisotopic (exact) mass is 230 g/mol. The first-order valence-corrected chi connectivity index (χ1v) is 5.94. The average Bonchev–Trinajstić information content (AvgIpc) is 2.16. The van der Waals surface area contributed by atoms with E-state index in [0.29, 0.717) is 5.56 Å². The molecular formula is C10H11FO3S. The van der Waals surface area contributed by atoms with Gasteiger partial charge in [-0.15, -0.1) is 0 Å². The normalized spacial score (nSPS) is 12.2. The third kappa shape index (κ3) is 3.13. The molecule has 0 spiro atoms. The topological polar surface area (TPSA) is 43.4 Å². The molecule has 0 saturated heterocycles. The maximum atomic E-state index is 13.3. The van der Waals surface area contributed by atoms with Crippen molar-refractivity contribution in [1.29, 1.82) is 0 Å². The molecule has 0 aliphatic carbocycles. The van der Waals surface area contributed by atoms with Gasteiger partial charge in [0, 0.05) is 22.8 Å². The van der Waals surface area contributed by atoms with Crippen LogP contribution in [0, 0.1) is 5.82 Å². The molecule has 0 radical (unpaired) electrons. The molecule has 0 aromatic heterocycles. The van der Waals surface area contributed by atoms with Gasteiger partial charge in [-0.25, -0.2) is 9.18 Å². The van der Waals surface area contributed by atoms with Gasteiger partial charge in [0.15, 0.2) is 0 Å². The van der Waals surface area contributed by atoms with Crippen LogP contribution in [-0.2, 0) is 21.3 Å². The van der Waals surface area contributed by atoms with Crippen molar-refractivity contribution >= 4 is 16.8 Å². The van der Waals surface area contributed by atoms with Gasteiger partial charge in [-0.05, 0) is 17.7 Å². The molecule has 0 aliphatic rings. The minimum atomic E-state index is -1.03. The molecule has 15 heavy (non-hydrogen) atoms. The van der Waals surface area contributed by atoms with Crippen molar-refractivity contribution in [2.45, 2.75) is 5.75 Å². The van der Waals surface area contributed by atoms with Gasteiger partial charge in [-0.1, -0.05) is 6.07 Å². The summed E-state index contributed by atoms with van der Waals surface area (Å²) in [6, 6.07) is 4.10. The van der Waals surface area contributed by atoms with Crippen LogP contribution in [0.3, 0.4) is 0 Å². The van der Waals surface area contributed by atoms with Gasteiger partial charge in [-0.2, -0.15) is 0 Å². The van der Waals surface area contributed by atoms with Crippen LogP contribution in [0.25, 0.3) is 0 Å². The molecule has 1 aromatic rings. The van der Waals surface area contributed by atoms with E-state index in [0.717, 1.165) is 0 Å². The molecule has 0 N–H and O–H groups in total. The van der Waals surface area contributed by atoms with E-state index in [1.165, 1.54) is 25.5 Å². The second-order valence-corrected chi connectivity index (χ2v) is 4.46. The van der Waals surface area contributed by atoms with Crippen molar-refractivity contribution in [1.82, 2.24) is 0 Å². The van der Waals surface area contributed by atoms with Crippen molar-refractivity contribution in [2.24, 2.45) is 0 Å². The molecule has 0 bridgehead atoms. The predicted molar refractivity (Wildman–Crippen MR) is 55.5 cm³/mol. The zero-order valence-electron chi connectivity index (χ0n) is 8.45. The summed E-state index contributed by atoms with van der Waals surface area (Å²) in [5.74, 6) is -1.08. The summed E-state index contributed by atoms with van der Waals surface area (Å²) in [7, 11) is 0.164. The van der Waals surface area contributed by atoms with Crippen LogP contribution >= 0.6 is 0 Å². The van der Waals surface area contributed by atoms with Crippen LogP contribution in [0.15, 0.2) is 18.2 Å². The number of hydrogen-bond donors (Lipinski definition) is 0. The summed E-state index contributed by atoms with van der Waals surface area (Å²) in [5, 5.41) is 0. The zero-order chi connectivity index (χ0) is 11.4. The molecule has 1 atom stereocenters. The number of halogens is 1. The summed E-state index contributed by atoms with van der Waals surface area (Å²) in [5.41, 5.74) is 0.490. The lowest BCUT2D eigenvalue weighted by Gasteiger charge is -2.03. The molecule has 1 rings (SSSR count). The largest absolute Gasteiger partial charge is 0.465 e. The molecule has 82 valence electrons. The van der Waals surface area contributed by atoms with Crippen LogP contribution in [0.2, 0.25) is 0 Å². The molecule has 1 unspecified atom stereocenters. The Morgan fingerprint density at radius 3 is 2.67 bits per heavy atom. The number of benzene rings is 1. The van der Waals surface area contributed by atoms with Crippen molar-refractivity contribution in [2.75, 3.05) is 13.4 Å². The lowest BCUT2D eigenvalue weighted by atomic mass is 10.1. The van der Waals surface area contributed by atoms with Gasteiger partial charge in [0.05, 0.1) is 12.7 Å². The molecule has 0 saturated carbocycles. The Balaban J connectivity index is 2.97. The van der Waals surface area contributed by atoms with E-state index < -0.39 is 22.6 Å². The standard InChI is InChI=1S/C10H11FO3S/c1-14-10(12)8-4-3-7(5-9(8)11)6-15(2)13/h3-5H,6H2,1-2H3. The van der Waals surface area contributed by atoms with Gasteiger partial charge in [0.2, 0.25) is 0 Å². The molecule has 1 aromatic carbocycles. The van der Waals surface area contributed by atoms with Gasteiger partial charge < -0.3 is 4.74 Å². The quantitative estimate of drug-likeness (QED) is 0.739. The summed E-state index contributed by atoms with van der Waals surface area (Å²) in [6.45, 7) is 0. The van der Waals surface area contributed by atoms with Crippen LogP contribution in [-0.4, -0.2) is 23.5 Å². The summed E-state index contributed by atoms with van der Waals surface area (Å²) in [4.78, 5) is 11.0. The van der Waals surface area contributed by atoms with Crippen LogP contribution in [0.5, 0.6) is 0 Å². The summed E-state index contributed by atoms with van der Waals surface area (Å²) >= 11 is 0. The zero-order valence-corrected chi connectivity index (χ0v) is 9.27. The van der Waals surface area contributed by atoms with Gasteiger partial charge >= 0.3 is 5.97 Å². The van der Waals surface area contributed by atoms with E-state index in [1.54, 1.807) is 6.07 Å². The van der Waals surface area contributed by atoms with Crippen LogP contribution in [0.1, 0.15) is 15.9 Å². The van der Waals surface area contributed by atoms with Crippen molar-refractivity contribution in [3.05, 3.63) is 35.1 Å². The first kappa shape index (κ1) is 11.8. The van der Waals surface area contributed by atoms with Crippen molar-refractivity contribution in [3.63, 3.8) is 0 Å². The Bertz CT molecular complexity index is 404. The number of ether oxygens (including phenoxy) is 1. The van der Waals surface area contributed by atoms with E-state index in [9.17, 15) is 13.4 Å². The average molecular weight is 230 g/mol. The number of rotatable bonds is 3. The summed E-state index contributed by atoms with van der Waals surface area (Å²) < 4.78 is 28.6. The fourth-order valence-electron chi connectivity index (χ4n) is 1.16. The van der Waals surface area contributed by atoms with Gasteiger partial charge in [0.25, 0.3) is 0 Å². The minimum absolute atomic E-state index is 0.108.